The third kappa shape index (κ3) is 7.44. The molecule has 1 rings (SSSR count). The van der Waals surface area contributed by atoms with Gasteiger partial charge in [-0.1, -0.05) is 6.92 Å². The molecule has 0 aromatic carbocycles. The zero-order valence-electron chi connectivity index (χ0n) is 7.73. The molecular weight excluding hydrogens is 149 g/mol. The van der Waals surface area contributed by atoms with Gasteiger partial charge in [0.15, 0.2) is 0 Å². The first kappa shape index (κ1) is 11.3. The molecule has 2 nitrogen and oxygen atoms in total. The molecule has 12 heavy (non-hydrogen) atoms. The normalized spacial score (nSPS) is 10.9. The van der Waals surface area contributed by atoms with Crippen LogP contribution < -0.4 is 5.73 Å². The van der Waals surface area contributed by atoms with Gasteiger partial charge in [0.2, 0.25) is 0 Å². The Balaban J connectivity index is 0.000000202. The number of rotatable bonds is 2. The van der Waals surface area contributed by atoms with Gasteiger partial charge in [0.05, 0.1) is 0 Å². The molecule has 0 saturated carbocycles. The summed E-state index contributed by atoms with van der Waals surface area (Å²) in [7, 11) is 1.61. The van der Waals surface area contributed by atoms with Crippen LogP contribution in [-0.2, 0) is 4.74 Å². The van der Waals surface area contributed by atoms with Gasteiger partial charge in [0, 0.05) is 7.11 Å². The van der Waals surface area contributed by atoms with Gasteiger partial charge in [0.1, 0.15) is 6.23 Å². The fourth-order valence-corrected chi connectivity index (χ4v) is 0.552. The number of nitrogens with two attached hydrogens (primary N) is 1. The van der Waals surface area contributed by atoms with Gasteiger partial charge in [-0.15, -0.1) is 0 Å². The summed E-state index contributed by atoms with van der Waals surface area (Å²) in [5.41, 5.74) is 5.25. The first-order chi connectivity index (χ1) is 5.81. The van der Waals surface area contributed by atoms with E-state index in [2.05, 4.69) is 4.74 Å². The summed E-state index contributed by atoms with van der Waals surface area (Å²) in [4.78, 5) is 0. The fourth-order valence-electron chi connectivity index (χ4n) is 0.552. The summed E-state index contributed by atoms with van der Waals surface area (Å²) in [6, 6.07) is 6.00. The molecule has 1 aromatic rings. The van der Waals surface area contributed by atoms with Crippen molar-refractivity contribution in [2.75, 3.05) is 7.11 Å². The Hall–Kier alpha value is -0.665. The van der Waals surface area contributed by atoms with Gasteiger partial charge in [0.25, 0.3) is 0 Å². The molecule has 0 aliphatic carbocycles. The second-order valence-electron chi connectivity index (χ2n) is 2.34. The quantitative estimate of drug-likeness (QED) is 0.671. The summed E-state index contributed by atoms with van der Waals surface area (Å²) in [6.45, 7) is 3.98. The Morgan fingerprint density at radius 2 is 1.92 bits per heavy atom. The minimum absolute atomic E-state index is 0.0648. The predicted molar refractivity (Wildman–Crippen MR) is 53.1 cm³/mol. The van der Waals surface area contributed by atoms with Crippen molar-refractivity contribution in [3.05, 3.63) is 30.1 Å². The molecule has 0 saturated heterocycles. The molecule has 0 radical (unpaired) electrons. The van der Waals surface area contributed by atoms with Crippen molar-refractivity contribution in [3.8, 4) is 0 Å². The van der Waals surface area contributed by atoms with Crippen molar-refractivity contribution >= 4 is 6.91 Å². The van der Waals surface area contributed by atoms with E-state index in [0.29, 0.717) is 0 Å². The van der Waals surface area contributed by atoms with Crippen LogP contribution in [0.1, 0.15) is 13.3 Å². The molecule has 0 bridgehead atoms. The summed E-state index contributed by atoms with van der Waals surface area (Å²) < 4.78 is 4.68. The Bertz CT molecular complexity index is 139. The van der Waals surface area contributed by atoms with Crippen LogP contribution in [0.5, 0.6) is 0 Å². The number of hydrogen-bond acceptors (Lipinski definition) is 2. The van der Waals surface area contributed by atoms with Crippen LogP contribution in [-0.4, -0.2) is 20.2 Å². The molecule has 0 amide bonds. The Morgan fingerprint density at radius 1 is 1.33 bits per heavy atom. The topological polar surface area (TPSA) is 35.2 Å². The second kappa shape index (κ2) is 8.43. The number of hydrogen-bond donors (Lipinski definition) is 1. The Labute approximate surface area is 74.9 Å². The van der Waals surface area contributed by atoms with Crippen LogP contribution in [0.3, 0.4) is 0 Å². The monoisotopic (exact) mass is 165 g/mol. The third-order valence-electron chi connectivity index (χ3n) is 1.37. The van der Waals surface area contributed by atoms with E-state index >= 15 is 0 Å². The molecule has 3 heteroatoms. The van der Waals surface area contributed by atoms with Gasteiger partial charge in [-0.3, -0.25) is 0 Å². The summed E-state index contributed by atoms with van der Waals surface area (Å²) in [5, 5.41) is 0. The zero-order chi connectivity index (χ0) is 9.23. The van der Waals surface area contributed by atoms with Crippen LogP contribution in [0.4, 0.5) is 0 Å². The molecule has 1 atom stereocenters. The minimum atomic E-state index is -0.0648. The van der Waals surface area contributed by atoms with Crippen molar-refractivity contribution in [2.24, 2.45) is 5.73 Å². The molecule has 0 spiro atoms. The summed E-state index contributed by atoms with van der Waals surface area (Å²) in [5.74, 6) is 4.00. The van der Waals surface area contributed by atoms with E-state index in [1.807, 2.05) is 44.0 Å². The predicted octanol–water partition coefficient (Wildman–Crippen LogP) is 1.35. The molecule has 0 fully saturated rings. The van der Waals surface area contributed by atoms with E-state index in [1.165, 1.54) is 0 Å². The van der Waals surface area contributed by atoms with Crippen LogP contribution in [0, 0.1) is 0 Å². The van der Waals surface area contributed by atoms with Crippen molar-refractivity contribution < 1.29 is 4.74 Å². The summed E-state index contributed by atoms with van der Waals surface area (Å²) in [6.07, 6.45) is 0.821. The number of ether oxygens (including phenoxy) is 1. The average Bonchev–Trinajstić information content (AvgIpc) is 2.20. The van der Waals surface area contributed by atoms with Crippen molar-refractivity contribution in [2.45, 2.75) is 19.6 Å². The van der Waals surface area contributed by atoms with E-state index in [0.717, 1.165) is 6.42 Å². The van der Waals surface area contributed by atoms with Gasteiger partial charge >= 0.3 is 37.0 Å². The SMILES string of the molecule is CCC(N)OC.b1ccccc1. The van der Waals surface area contributed by atoms with Gasteiger partial charge in [-0.25, -0.2) is 0 Å². The van der Waals surface area contributed by atoms with Gasteiger partial charge in [-0.2, -0.15) is 0 Å². The zero-order valence-corrected chi connectivity index (χ0v) is 7.73. The molecule has 0 aliphatic heterocycles. The number of methoxy groups -OCH3 is 1. The molecule has 2 N–H and O–H groups in total. The fraction of sp³-hybridized carbons (Fsp3) is 0.444. The first-order valence-electron chi connectivity index (χ1n) is 4.09. The van der Waals surface area contributed by atoms with E-state index in [9.17, 15) is 0 Å². The van der Waals surface area contributed by atoms with Crippen molar-refractivity contribution in [1.82, 2.24) is 0 Å². The van der Waals surface area contributed by atoms with Crippen LogP contribution in [0.2, 0.25) is 0 Å². The van der Waals surface area contributed by atoms with Crippen LogP contribution in [0.25, 0.3) is 0 Å². The van der Waals surface area contributed by atoms with Crippen LogP contribution >= 0.6 is 0 Å². The molecule has 1 heterocycles. The van der Waals surface area contributed by atoms with Crippen molar-refractivity contribution in [1.29, 1.82) is 0 Å². The molecule has 0 aliphatic rings. The maximum atomic E-state index is 5.25. The second-order valence-corrected chi connectivity index (χ2v) is 2.34. The Morgan fingerprint density at radius 3 is 2.00 bits per heavy atom. The van der Waals surface area contributed by atoms with Gasteiger partial charge < -0.3 is 10.5 Å². The van der Waals surface area contributed by atoms with E-state index in [-0.39, 0.29) is 6.23 Å². The van der Waals surface area contributed by atoms with Crippen molar-refractivity contribution in [3.63, 3.8) is 0 Å². The standard InChI is InChI=1S/C5H5B.C4H11NO/c1-2-4-6-5-3-1;1-3-4(5)6-2/h1-5H;4H,3,5H2,1-2H3. The summed E-state index contributed by atoms with van der Waals surface area (Å²) >= 11 is 0. The maximum absolute atomic E-state index is 5.25. The third-order valence-corrected chi connectivity index (χ3v) is 1.37. The van der Waals surface area contributed by atoms with Gasteiger partial charge in [-0.05, 0) is 6.42 Å². The van der Waals surface area contributed by atoms with E-state index in [4.69, 9.17) is 5.73 Å². The average molecular weight is 165 g/mol. The van der Waals surface area contributed by atoms with Crippen LogP contribution in [0.15, 0.2) is 30.1 Å². The van der Waals surface area contributed by atoms with E-state index in [1.54, 1.807) is 7.11 Å². The molecule has 66 valence electrons. The molecular formula is C9H16BNO. The van der Waals surface area contributed by atoms with E-state index < -0.39 is 0 Å². The molecule has 1 unspecified atom stereocenters. The first-order valence-corrected chi connectivity index (χ1v) is 4.09. The Kier molecular flexibility index (Phi) is 7.96. The molecule has 1 aromatic heterocycles.